The van der Waals surface area contributed by atoms with Crippen molar-refractivity contribution in [2.75, 3.05) is 18.9 Å². The maximum Gasteiger partial charge on any atom is 0.240 e. The first-order valence-electron chi connectivity index (χ1n) is 6.24. The molecular formula is C14H17ClFN3OS. The molecule has 21 heavy (non-hydrogen) atoms. The summed E-state index contributed by atoms with van der Waals surface area (Å²) in [4.78, 5) is 16.7. The largest absolute Gasteiger partial charge is 0.311 e. The normalized spacial score (nSPS) is 10.0. The van der Waals surface area contributed by atoms with Gasteiger partial charge in [0, 0.05) is 11.3 Å². The lowest BCUT2D eigenvalue weighted by molar-refractivity contribution is -0.115. The first kappa shape index (κ1) is 17.6. The topological polar surface area (TPSA) is 54.0 Å². The molecular weight excluding hydrogens is 313 g/mol. The Balaban J connectivity index is 0.00000220. The molecule has 0 bridgehead atoms. The van der Waals surface area contributed by atoms with Gasteiger partial charge in [-0.3, -0.25) is 4.79 Å². The molecule has 0 unspecified atom stereocenters. The van der Waals surface area contributed by atoms with Gasteiger partial charge in [0.05, 0.1) is 12.2 Å². The Morgan fingerprint density at radius 3 is 2.76 bits per heavy atom. The number of nitrogens with zero attached hydrogens (tertiary/aromatic N) is 1. The van der Waals surface area contributed by atoms with E-state index in [-0.39, 0.29) is 30.7 Å². The molecule has 114 valence electrons. The van der Waals surface area contributed by atoms with Gasteiger partial charge in [-0.15, -0.1) is 23.7 Å². The third kappa shape index (κ3) is 4.77. The van der Waals surface area contributed by atoms with Gasteiger partial charge in [-0.1, -0.05) is 18.2 Å². The summed E-state index contributed by atoms with van der Waals surface area (Å²) < 4.78 is 13.6. The van der Waals surface area contributed by atoms with E-state index in [0.29, 0.717) is 17.1 Å². The fourth-order valence-electron chi connectivity index (χ4n) is 1.78. The van der Waals surface area contributed by atoms with Gasteiger partial charge in [-0.05, 0) is 25.6 Å². The fraction of sp³-hybridized carbons (Fsp3) is 0.286. The van der Waals surface area contributed by atoms with Crippen LogP contribution in [0.25, 0.3) is 0 Å². The maximum absolute atomic E-state index is 13.6. The molecule has 4 nitrogen and oxygen atoms in total. The number of nitrogens with one attached hydrogen (secondary N) is 2. The van der Waals surface area contributed by atoms with Gasteiger partial charge in [0.2, 0.25) is 5.91 Å². The summed E-state index contributed by atoms with van der Waals surface area (Å²) in [6, 6.07) is 6.68. The van der Waals surface area contributed by atoms with Crippen LogP contribution < -0.4 is 10.6 Å². The van der Waals surface area contributed by atoms with E-state index < -0.39 is 0 Å². The molecule has 0 saturated heterocycles. The van der Waals surface area contributed by atoms with Crippen molar-refractivity contribution in [3.63, 3.8) is 0 Å². The van der Waals surface area contributed by atoms with Crippen LogP contribution in [0.2, 0.25) is 0 Å². The Morgan fingerprint density at radius 1 is 1.38 bits per heavy atom. The number of aryl methyl sites for hydroxylation is 1. The molecule has 0 atom stereocenters. The highest BCUT2D eigenvalue weighted by Gasteiger charge is 2.12. The highest BCUT2D eigenvalue weighted by molar-refractivity contribution is 7.15. The zero-order chi connectivity index (χ0) is 14.5. The lowest BCUT2D eigenvalue weighted by Gasteiger charge is -2.01. The fourth-order valence-corrected chi connectivity index (χ4v) is 2.79. The summed E-state index contributed by atoms with van der Waals surface area (Å²) in [5, 5.41) is 6.04. The molecule has 1 aromatic heterocycles. The number of rotatable bonds is 5. The number of thiazole rings is 1. The van der Waals surface area contributed by atoms with E-state index in [1.165, 1.54) is 17.4 Å². The van der Waals surface area contributed by atoms with Gasteiger partial charge in [0.15, 0.2) is 5.13 Å². The molecule has 2 N–H and O–H groups in total. The number of benzene rings is 1. The summed E-state index contributed by atoms with van der Waals surface area (Å²) in [6.45, 7) is 2.10. The minimum atomic E-state index is -0.221. The van der Waals surface area contributed by atoms with Gasteiger partial charge in [0.25, 0.3) is 0 Å². The summed E-state index contributed by atoms with van der Waals surface area (Å²) >= 11 is 1.38. The number of hydrogen-bond acceptors (Lipinski definition) is 4. The van der Waals surface area contributed by atoms with E-state index in [1.54, 1.807) is 19.2 Å². The zero-order valence-corrected chi connectivity index (χ0v) is 13.4. The average molecular weight is 330 g/mol. The molecule has 1 heterocycles. The van der Waals surface area contributed by atoms with Crippen LogP contribution in [-0.2, 0) is 11.2 Å². The molecule has 0 spiro atoms. The third-order valence-electron chi connectivity index (χ3n) is 2.79. The van der Waals surface area contributed by atoms with Crippen LogP contribution in [0.1, 0.15) is 16.1 Å². The van der Waals surface area contributed by atoms with Crippen molar-refractivity contribution in [2.24, 2.45) is 0 Å². The maximum atomic E-state index is 13.6. The van der Waals surface area contributed by atoms with Crippen molar-refractivity contribution in [2.45, 2.75) is 13.3 Å². The number of likely N-dealkylation sites (N-methyl/N-ethyl adjacent to an activating group) is 1. The lowest BCUT2D eigenvalue weighted by Crippen LogP contribution is -2.24. The second kappa shape index (κ2) is 8.07. The number of hydrogen-bond donors (Lipinski definition) is 2. The van der Waals surface area contributed by atoms with Crippen molar-refractivity contribution in [3.05, 3.63) is 46.2 Å². The summed E-state index contributed by atoms with van der Waals surface area (Å²) in [5.74, 6) is -0.361. The predicted molar refractivity (Wildman–Crippen MR) is 85.9 cm³/mol. The molecule has 1 amide bonds. The molecule has 0 fully saturated rings. The Morgan fingerprint density at radius 2 is 2.10 bits per heavy atom. The molecule has 0 aliphatic heterocycles. The van der Waals surface area contributed by atoms with Crippen molar-refractivity contribution in [3.8, 4) is 0 Å². The smallest absolute Gasteiger partial charge is 0.240 e. The van der Waals surface area contributed by atoms with E-state index in [0.717, 1.165) is 10.6 Å². The van der Waals surface area contributed by atoms with Gasteiger partial charge in [-0.25, -0.2) is 9.37 Å². The average Bonchev–Trinajstić information content (AvgIpc) is 2.72. The molecule has 2 aromatic rings. The third-order valence-corrected chi connectivity index (χ3v) is 3.86. The van der Waals surface area contributed by atoms with Gasteiger partial charge < -0.3 is 10.6 Å². The SMILES string of the molecule is CNCC(=O)Nc1nc(C)c(Cc2ccccc2F)s1.Cl. The van der Waals surface area contributed by atoms with Crippen LogP contribution in [0.5, 0.6) is 0 Å². The molecule has 1 aromatic carbocycles. The van der Waals surface area contributed by atoms with Crippen LogP contribution in [0, 0.1) is 12.7 Å². The first-order valence-corrected chi connectivity index (χ1v) is 7.06. The number of aromatic nitrogens is 1. The lowest BCUT2D eigenvalue weighted by atomic mass is 10.1. The highest BCUT2D eigenvalue weighted by atomic mass is 35.5. The molecule has 0 saturated carbocycles. The first-order chi connectivity index (χ1) is 9.60. The molecule has 0 radical (unpaired) electrons. The van der Waals surface area contributed by atoms with Gasteiger partial charge in [-0.2, -0.15) is 0 Å². The van der Waals surface area contributed by atoms with E-state index in [1.807, 2.05) is 13.0 Å². The second-order valence-electron chi connectivity index (χ2n) is 4.37. The van der Waals surface area contributed by atoms with Crippen LogP contribution in [0.15, 0.2) is 24.3 Å². The van der Waals surface area contributed by atoms with Gasteiger partial charge in [0.1, 0.15) is 5.82 Å². The molecule has 2 rings (SSSR count). The highest BCUT2D eigenvalue weighted by Crippen LogP contribution is 2.25. The summed E-state index contributed by atoms with van der Waals surface area (Å²) in [7, 11) is 1.70. The van der Waals surface area contributed by atoms with Crippen LogP contribution in [0.4, 0.5) is 9.52 Å². The van der Waals surface area contributed by atoms with Crippen molar-refractivity contribution in [1.29, 1.82) is 0 Å². The van der Waals surface area contributed by atoms with Crippen LogP contribution in [0.3, 0.4) is 0 Å². The van der Waals surface area contributed by atoms with E-state index >= 15 is 0 Å². The Hall–Kier alpha value is -1.50. The summed E-state index contributed by atoms with van der Waals surface area (Å²) in [6.07, 6.45) is 0.484. The number of amides is 1. The van der Waals surface area contributed by atoms with Gasteiger partial charge >= 0.3 is 0 Å². The quantitative estimate of drug-likeness (QED) is 0.887. The Bertz CT molecular complexity index is 618. The number of carbonyl (C=O) groups excluding carboxylic acids is 1. The standard InChI is InChI=1S/C14H16FN3OS.ClH/c1-9-12(7-10-5-3-4-6-11(10)15)20-14(17-9)18-13(19)8-16-2;/h3-6,16H,7-8H2,1-2H3,(H,17,18,19);1H. The van der Waals surface area contributed by atoms with Crippen molar-refractivity contribution < 1.29 is 9.18 Å². The molecule has 7 heteroatoms. The zero-order valence-electron chi connectivity index (χ0n) is 11.8. The van der Waals surface area contributed by atoms with Crippen molar-refractivity contribution in [1.82, 2.24) is 10.3 Å². The molecule has 0 aliphatic rings. The Kier molecular flexibility index (Phi) is 6.74. The van der Waals surface area contributed by atoms with Crippen LogP contribution in [-0.4, -0.2) is 24.5 Å². The number of anilines is 1. The minimum Gasteiger partial charge on any atom is -0.311 e. The molecule has 0 aliphatic carbocycles. The van der Waals surface area contributed by atoms with Crippen molar-refractivity contribution >= 4 is 34.8 Å². The second-order valence-corrected chi connectivity index (χ2v) is 5.46. The summed E-state index contributed by atoms with van der Waals surface area (Å²) in [5.41, 5.74) is 1.45. The monoisotopic (exact) mass is 329 g/mol. The van der Waals surface area contributed by atoms with E-state index in [4.69, 9.17) is 0 Å². The number of halogens is 2. The van der Waals surface area contributed by atoms with E-state index in [9.17, 15) is 9.18 Å². The number of carbonyl (C=O) groups is 1. The predicted octanol–water partition coefficient (Wildman–Crippen LogP) is 2.76. The Labute approximate surface area is 133 Å². The van der Waals surface area contributed by atoms with E-state index in [2.05, 4.69) is 15.6 Å². The van der Waals surface area contributed by atoms with Crippen LogP contribution >= 0.6 is 23.7 Å². The minimum absolute atomic E-state index is 0.